The second-order valence-corrected chi connectivity index (χ2v) is 3.53. The SMILES string of the molecule is C1CCCN(C2=NCCN2)CC1. The smallest absolute Gasteiger partial charge is 0.194 e. The van der Waals surface area contributed by atoms with Gasteiger partial charge >= 0.3 is 0 Å². The average molecular weight is 167 g/mol. The molecule has 0 unspecified atom stereocenters. The van der Waals surface area contributed by atoms with Crippen LogP contribution < -0.4 is 5.32 Å². The monoisotopic (exact) mass is 167 g/mol. The van der Waals surface area contributed by atoms with Gasteiger partial charge in [0, 0.05) is 19.6 Å². The van der Waals surface area contributed by atoms with Crippen molar-refractivity contribution < 1.29 is 0 Å². The maximum absolute atomic E-state index is 4.43. The molecule has 2 aliphatic rings. The van der Waals surface area contributed by atoms with Crippen LogP contribution in [0.15, 0.2) is 4.99 Å². The first kappa shape index (κ1) is 7.90. The summed E-state index contributed by atoms with van der Waals surface area (Å²) in [5.74, 6) is 1.15. The Balaban J connectivity index is 1.91. The molecule has 0 aromatic heterocycles. The lowest BCUT2D eigenvalue weighted by atomic mass is 10.2. The van der Waals surface area contributed by atoms with Crippen molar-refractivity contribution in [3.05, 3.63) is 0 Å². The summed E-state index contributed by atoms with van der Waals surface area (Å²) in [6, 6.07) is 0. The predicted molar refractivity (Wildman–Crippen MR) is 50.3 cm³/mol. The number of hydrogen-bond acceptors (Lipinski definition) is 3. The van der Waals surface area contributed by atoms with E-state index >= 15 is 0 Å². The fraction of sp³-hybridized carbons (Fsp3) is 0.889. The van der Waals surface area contributed by atoms with Crippen LogP contribution in [0.1, 0.15) is 25.7 Å². The molecule has 1 saturated heterocycles. The Bertz CT molecular complexity index is 169. The van der Waals surface area contributed by atoms with Crippen LogP contribution in [-0.4, -0.2) is 37.0 Å². The lowest BCUT2D eigenvalue weighted by Gasteiger charge is -2.21. The molecule has 0 amide bonds. The topological polar surface area (TPSA) is 27.6 Å². The lowest BCUT2D eigenvalue weighted by molar-refractivity contribution is 0.424. The summed E-state index contributed by atoms with van der Waals surface area (Å²) in [6.45, 7) is 4.40. The van der Waals surface area contributed by atoms with Gasteiger partial charge in [0.1, 0.15) is 0 Å². The highest BCUT2D eigenvalue weighted by Gasteiger charge is 2.15. The largest absolute Gasteiger partial charge is 0.354 e. The van der Waals surface area contributed by atoms with Crippen LogP contribution in [0.25, 0.3) is 0 Å². The molecule has 0 aromatic rings. The van der Waals surface area contributed by atoms with E-state index in [1.807, 2.05) is 0 Å². The molecule has 3 heteroatoms. The van der Waals surface area contributed by atoms with E-state index in [1.165, 1.54) is 38.8 Å². The van der Waals surface area contributed by atoms with Crippen molar-refractivity contribution in [3.8, 4) is 0 Å². The van der Waals surface area contributed by atoms with Crippen LogP contribution in [0.5, 0.6) is 0 Å². The Kier molecular flexibility index (Phi) is 2.49. The highest BCUT2D eigenvalue weighted by Crippen LogP contribution is 2.10. The normalized spacial score (nSPS) is 24.7. The van der Waals surface area contributed by atoms with Gasteiger partial charge < -0.3 is 10.2 Å². The second-order valence-electron chi connectivity index (χ2n) is 3.53. The molecule has 3 nitrogen and oxygen atoms in total. The molecule has 12 heavy (non-hydrogen) atoms. The van der Waals surface area contributed by atoms with E-state index in [2.05, 4.69) is 15.2 Å². The third kappa shape index (κ3) is 1.71. The van der Waals surface area contributed by atoms with Crippen molar-refractivity contribution in [1.29, 1.82) is 0 Å². The molecule has 0 bridgehead atoms. The minimum Gasteiger partial charge on any atom is -0.354 e. The van der Waals surface area contributed by atoms with Gasteiger partial charge in [-0.15, -0.1) is 0 Å². The molecule has 0 atom stereocenters. The summed E-state index contributed by atoms with van der Waals surface area (Å²) in [7, 11) is 0. The Morgan fingerprint density at radius 2 is 1.83 bits per heavy atom. The van der Waals surface area contributed by atoms with Gasteiger partial charge in [0.25, 0.3) is 0 Å². The maximum Gasteiger partial charge on any atom is 0.194 e. The predicted octanol–water partition coefficient (Wildman–Crippen LogP) is 0.822. The van der Waals surface area contributed by atoms with Gasteiger partial charge in [0.05, 0.1) is 6.54 Å². The molecule has 1 fully saturated rings. The molecule has 2 heterocycles. The molecule has 0 radical (unpaired) electrons. The first-order chi connectivity index (χ1) is 5.97. The molecule has 2 rings (SSSR count). The van der Waals surface area contributed by atoms with E-state index in [0.717, 1.165) is 19.0 Å². The fourth-order valence-electron chi connectivity index (χ4n) is 1.88. The molecule has 1 N–H and O–H groups in total. The molecule has 0 spiro atoms. The molecule has 68 valence electrons. The van der Waals surface area contributed by atoms with Gasteiger partial charge in [-0.2, -0.15) is 0 Å². The van der Waals surface area contributed by atoms with E-state index < -0.39 is 0 Å². The van der Waals surface area contributed by atoms with E-state index in [-0.39, 0.29) is 0 Å². The van der Waals surface area contributed by atoms with Crippen molar-refractivity contribution in [2.45, 2.75) is 25.7 Å². The third-order valence-electron chi connectivity index (χ3n) is 2.56. The Morgan fingerprint density at radius 1 is 1.08 bits per heavy atom. The quantitative estimate of drug-likeness (QED) is 0.578. The van der Waals surface area contributed by atoms with E-state index in [4.69, 9.17) is 0 Å². The van der Waals surface area contributed by atoms with Crippen molar-refractivity contribution >= 4 is 5.96 Å². The second kappa shape index (κ2) is 3.78. The summed E-state index contributed by atoms with van der Waals surface area (Å²) in [6.07, 6.45) is 5.45. The molecular formula is C9H17N3. The number of aliphatic imine (C=N–C) groups is 1. The van der Waals surface area contributed by atoms with E-state index in [0.29, 0.717) is 0 Å². The number of hydrogen-bond donors (Lipinski definition) is 1. The molecule has 0 saturated carbocycles. The fourth-order valence-corrected chi connectivity index (χ4v) is 1.88. The minimum atomic E-state index is 0.964. The van der Waals surface area contributed by atoms with Crippen molar-refractivity contribution in [3.63, 3.8) is 0 Å². The summed E-state index contributed by atoms with van der Waals surface area (Å²) < 4.78 is 0. The zero-order chi connectivity index (χ0) is 8.23. The maximum atomic E-state index is 4.43. The first-order valence-electron chi connectivity index (χ1n) is 5.00. The Hall–Kier alpha value is -0.730. The zero-order valence-electron chi connectivity index (χ0n) is 7.55. The van der Waals surface area contributed by atoms with Crippen molar-refractivity contribution in [1.82, 2.24) is 10.2 Å². The van der Waals surface area contributed by atoms with Crippen molar-refractivity contribution in [2.75, 3.05) is 26.2 Å². The minimum absolute atomic E-state index is 0.964. The van der Waals surface area contributed by atoms with Gasteiger partial charge in [-0.1, -0.05) is 12.8 Å². The van der Waals surface area contributed by atoms with Gasteiger partial charge in [0.2, 0.25) is 0 Å². The van der Waals surface area contributed by atoms with Gasteiger partial charge in [-0.3, -0.25) is 4.99 Å². The summed E-state index contributed by atoms with van der Waals surface area (Å²) in [5.41, 5.74) is 0. The zero-order valence-corrected chi connectivity index (χ0v) is 7.55. The van der Waals surface area contributed by atoms with E-state index in [1.54, 1.807) is 0 Å². The highest BCUT2D eigenvalue weighted by molar-refractivity contribution is 5.81. The van der Waals surface area contributed by atoms with Gasteiger partial charge in [-0.25, -0.2) is 0 Å². The Labute approximate surface area is 73.9 Å². The molecule has 0 aromatic carbocycles. The van der Waals surface area contributed by atoms with Gasteiger partial charge in [0.15, 0.2) is 5.96 Å². The lowest BCUT2D eigenvalue weighted by Crippen LogP contribution is -2.39. The number of nitrogens with zero attached hydrogens (tertiary/aromatic N) is 2. The third-order valence-corrected chi connectivity index (χ3v) is 2.56. The number of nitrogens with one attached hydrogen (secondary N) is 1. The van der Waals surface area contributed by atoms with E-state index in [9.17, 15) is 0 Å². The molecule has 0 aliphatic carbocycles. The highest BCUT2D eigenvalue weighted by atomic mass is 15.3. The number of rotatable bonds is 0. The van der Waals surface area contributed by atoms with Crippen LogP contribution in [-0.2, 0) is 0 Å². The van der Waals surface area contributed by atoms with Crippen LogP contribution in [0, 0.1) is 0 Å². The number of likely N-dealkylation sites (tertiary alicyclic amines) is 1. The standard InChI is InChI=1S/C9H17N3/c1-2-4-8-12(7-3-1)9-10-5-6-11-9/h1-8H2,(H,10,11). The molecule has 2 aliphatic heterocycles. The van der Waals surface area contributed by atoms with Crippen molar-refractivity contribution in [2.24, 2.45) is 4.99 Å². The first-order valence-corrected chi connectivity index (χ1v) is 5.00. The summed E-state index contributed by atoms with van der Waals surface area (Å²) in [4.78, 5) is 6.84. The Morgan fingerprint density at radius 3 is 2.42 bits per heavy atom. The van der Waals surface area contributed by atoms with Crippen LogP contribution >= 0.6 is 0 Å². The van der Waals surface area contributed by atoms with Crippen LogP contribution in [0.3, 0.4) is 0 Å². The number of guanidine groups is 1. The van der Waals surface area contributed by atoms with Crippen LogP contribution in [0.4, 0.5) is 0 Å². The average Bonchev–Trinajstić information content (AvgIpc) is 2.48. The summed E-state index contributed by atoms with van der Waals surface area (Å²) >= 11 is 0. The van der Waals surface area contributed by atoms with Gasteiger partial charge in [-0.05, 0) is 12.8 Å². The summed E-state index contributed by atoms with van der Waals surface area (Å²) in [5, 5.41) is 3.33. The molecular weight excluding hydrogens is 150 g/mol. The van der Waals surface area contributed by atoms with Crippen LogP contribution in [0.2, 0.25) is 0 Å².